The molecule has 0 spiro atoms. The first-order valence-electron chi connectivity index (χ1n) is 8.38. The number of benzene rings is 1. The van der Waals surface area contributed by atoms with E-state index in [1.807, 2.05) is 39.0 Å². The van der Waals surface area contributed by atoms with Crippen LogP contribution in [-0.2, 0) is 4.79 Å². The molecule has 1 aromatic carbocycles. The highest BCUT2D eigenvalue weighted by Gasteiger charge is 2.21. The van der Waals surface area contributed by atoms with Gasteiger partial charge in [0.25, 0.3) is 5.91 Å². The topological polar surface area (TPSA) is 62.3 Å². The van der Waals surface area contributed by atoms with Crippen LogP contribution in [0.15, 0.2) is 30.9 Å². The Morgan fingerprint density at radius 2 is 2.12 bits per heavy atom. The summed E-state index contributed by atoms with van der Waals surface area (Å²) >= 11 is 1.34. The summed E-state index contributed by atoms with van der Waals surface area (Å²) in [5.74, 6) is -0.00166. The van der Waals surface area contributed by atoms with Gasteiger partial charge in [-0.15, -0.1) is 0 Å². The number of rotatable bonds is 7. The van der Waals surface area contributed by atoms with E-state index in [-0.39, 0.29) is 23.8 Å². The highest BCUT2D eigenvalue weighted by molar-refractivity contribution is 7.13. The Labute approximate surface area is 152 Å². The van der Waals surface area contributed by atoms with Crippen LogP contribution in [0.5, 0.6) is 0 Å². The van der Waals surface area contributed by atoms with Gasteiger partial charge in [-0.25, -0.2) is 0 Å². The minimum atomic E-state index is -0.186. The van der Waals surface area contributed by atoms with Gasteiger partial charge in [-0.1, -0.05) is 32.1 Å². The summed E-state index contributed by atoms with van der Waals surface area (Å²) in [4.78, 5) is 26.0. The largest absolute Gasteiger partial charge is 0.350 e. The van der Waals surface area contributed by atoms with Crippen molar-refractivity contribution in [1.29, 1.82) is 0 Å². The third-order valence-corrected chi connectivity index (χ3v) is 5.09. The first kappa shape index (κ1) is 19.1. The molecule has 1 unspecified atom stereocenters. The van der Waals surface area contributed by atoms with Gasteiger partial charge >= 0.3 is 0 Å². The van der Waals surface area contributed by atoms with Crippen LogP contribution in [0.25, 0.3) is 10.1 Å². The van der Waals surface area contributed by atoms with Gasteiger partial charge in [0.2, 0.25) is 5.91 Å². The molecule has 0 saturated carbocycles. The standard InChI is InChI=1S/C19H25N3O2S/c1-6-17(23)20-15(12(2)3)9-10-22(5)19(24)18-14-11-13(4)7-8-16(14)25-21-18/h6-8,11-12,15H,1,9-10H2,2-5H3,(H,20,23). The predicted molar refractivity (Wildman–Crippen MR) is 103 cm³/mol. The molecule has 0 saturated heterocycles. The first-order chi connectivity index (χ1) is 11.8. The van der Waals surface area contributed by atoms with Crippen molar-refractivity contribution in [2.75, 3.05) is 13.6 Å². The zero-order valence-corrected chi connectivity index (χ0v) is 16.0. The van der Waals surface area contributed by atoms with Crippen LogP contribution in [0.1, 0.15) is 36.3 Å². The quantitative estimate of drug-likeness (QED) is 0.771. The molecule has 5 nitrogen and oxygen atoms in total. The molecule has 1 heterocycles. The first-order valence-corrected chi connectivity index (χ1v) is 9.15. The summed E-state index contributed by atoms with van der Waals surface area (Å²) in [6.07, 6.45) is 1.95. The van der Waals surface area contributed by atoms with Gasteiger partial charge in [0.15, 0.2) is 0 Å². The van der Waals surface area contributed by atoms with Crippen molar-refractivity contribution in [1.82, 2.24) is 14.6 Å². The fourth-order valence-corrected chi connectivity index (χ4v) is 3.38. The summed E-state index contributed by atoms with van der Waals surface area (Å²) in [7, 11) is 1.77. The number of aromatic nitrogens is 1. The number of amides is 2. The van der Waals surface area contributed by atoms with Gasteiger partial charge in [-0.05, 0) is 49.0 Å². The molecule has 1 atom stereocenters. The molecular formula is C19H25N3O2S. The molecule has 134 valence electrons. The number of fused-ring (bicyclic) bond motifs is 1. The van der Waals surface area contributed by atoms with Crippen molar-refractivity contribution < 1.29 is 9.59 Å². The minimum Gasteiger partial charge on any atom is -0.350 e. The van der Waals surface area contributed by atoms with Crippen LogP contribution in [0.2, 0.25) is 0 Å². The van der Waals surface area contributed by atoms with Crippen LogP contribution >= 0.6 is 11.5 Å². The lowest BCUT2D eigenvalue weighted by Gasteiger charge is -2.24. The molecule has 0 bridgehead atoms. The van der Waals surface area contributed by atoms with Crippen molar-refractivity contribution in [2.24, 2.45) is 5.92 Å². The summed E-state index contributed by atoms with van der Waals surface area (Å²) in [6.45, 7) is 10.1. The maximum absolute atomic E-state index is 12.8. The van der Waals surface area contributed by atoms with E-state index in [2.05, 4.69) is 16.3 Å². The lowest BCUT2D eigenvalue weighted by atomic mass is 10.0. The molecule has 0 fully saturated rings. The third kappa shape index (κ3) is 4.66. The van der Waals surface area contributed by atoms with E-state index in [0.29, 0.717) is 18.7 Å². The number of nitrogens with one attached hydrogen (secondary N) is 1. The van der Waals surface area contributed by atoms with E-state index in [1.165, 1.54) is 17.6 Å². The Bertz CT molecular complexity index is 782. The molecule has 2 aromatic rings. The smallest absolute Gasteiger partial charge is 0.273 e. The Hall–Kier alpha value is -2.21. The number of hydrogen-bond donors (Lipinski definition) is 1. The fraction of sp³-hybridized carbons (Fsp3) is 0.421. The molecule has 25 heavy (non-hydrogen) atoms. The minimum absolute atomic E-state index is 0.00447. The summed E-state index contributed by atoms with van der Waals surface area (Å²) in [5.41, 5.74) is 1.61. The number of aryl methyl sites for hydroxylation is 1. The molecule has 0 aliphatic rings. The zero-order chi connectivity index (χ0) is 18.6. The highest BCUT2D eigenvalue weighted by atomic mass is 32.1. The second-order valence-electron chi connectivity index (χ2n) is 6.61. The maximum atomic E-state index is 12.8. The van der Waals surface area contributed by atoms with Gasteiger partial charge in [0.05, 0.1) is 4.70 Å². The van der Waals surface area contributed by atoms with Crippen molar-refractivity contribution >= 4 is 33.4 Å². The molecule has 1 aromatic heterocycles. The van der Waals surface area contributed by atoms with Crippen LogP contribution in [0.4, 0.5) is 0 Å². The summed E-state index contributed by atoms with van der Waals surface area (Å²) in [6, 6.07) is 6.02. The molecular weight excluding hydrogens is 334 g/mol. The molecule has 0 aliphatic carbocycles. The number of carbonyl (C=O) groups is 2. The summed E-state index contributed by atoms with van der Waals surface area (Å²) < 4.78 is 5.36. The van der Waals surface area contributed by atoms with Crippen LogP contribution in [0, 0.1) is 12.8 Å². The van der Waals surface area contributed by atoms with Gasteiger partial charge < -0.3 is 10.2 Å². The Kier molecular flexibility index (Phi) is 6.31. The highest BCUT2D eigenvalue weighted by Crippen LogP contribution is 2.24. The SMILES string of the molecule is C=CC(=O)NC(CCN(C)C(=O)c1nsc2ccc(C)cc12)C(C)C. The lowest BCUT2D eigenvalue weighted by molar-refractivity contribution is -0.117. The van der Waals surface area contributed by atoms with Crippen LogP contribution in [-0.4, -0.2) is 40.7 Å². The second-order valence-corrected chi connectivity index (χ2v) is 7.41. The van der Waals surface area contributed by atoms with Crippen molar-refractivity contribution in [3.63, 3.8) is 0 Å². The molecule has 6 heteroatoms. The fourth-order valence-electron chi connectivity index (χ4n) is 2.64. The number of carbonyl (C=O) groups excluding carboxylic acids is 2. The Morgan fingerprint density at radius 1 is 1.40 bits per heavy atom. The Balaban J connectivity index is 2.07. The van der Waals surface area contributed by atoms with E-state index in [0.717, 1.165) is 15.6 Å². The van der Waals surface area contributed by atoms with Gasteiger partial charge in [0, 0.05) is 25.0 Å². The van der Waals surface area contributed by atoms with E-state index in [4.69, 9.17) is 0 Å². The zero-order valence-electron chi connectivity index (χ0n) is 15.2. The van der Waals surface area contributed by atoms with E-state index < -0.39 is 0 Å². The third-order valence-electron chi connectivity index (χ3n) is 4.27. The van der Waals surface area contributed by atoms with Crippen LogP contribution in [0.3, 0.4) is 0 Å². The van der Waals surface area contributed by atoms with E-state index in [9.17, 15) is 9.59 Å². The van der Waals surface area contributed by atoms with Gasteiger partial charge in [-0.2, -0.15) is 4.37 Å². The van der Waals surface area contributed by atoms with Gasteiger partial charge in [0.1, 0.15) is 5.69 Å². The van der Waals surface area contributed by atoms with Gasteiger partial charge in [-0.3, -0.25) is 9.59 Å². The average molecular weight is 359 g/mol. The predicted octanol–water partition coefficient (Wildman–Crippen LogP) is 3.39. The van der Waals surface area contributed by atoms with Crippen molar-refractivity contribution in [2.45, 2.75) is 33.2 Å². The second kappa shape index (κ2) is 8.25. The Morgan fingerprint density at radius 3 is 2.76 bits per heavy atom. The average Bonchev–Trinajstić information content (AvgIpc) is 2.99. The van der Waals surface area contributed by atoms with Crippen molar-refractivity contribution in [3.8, 4) is 0 Å². The molecule has 0 aliphatic heterocycles. The number of nitrogens with zero attached hydrogens (tertiary/aromatic N) is 2. The molecule has 1 N–H and O–H groups in total. The van der Waals surface area contributed by atoms with Crippen LogP contribution < -0.4 is 5.32 Å². The normalized spacial score (nSPS) is 12.2. The number of hydrogen-bond acceptors (Lipinski definition) is 4. The summed E-state index contributed by atoms with van der Waals surface area (Å²) in [5, 5.41) is 3.83. The monoisotopic (exact) mass is 359 g/mol. The molecule has 2 rings (SSSR count). The van der Waals surface area contributed by atoms with E-state index in [1.54, 1.807) is 11.9 Å². The molecule has 2 amide bonds. The van der Waals surface area contributed by atoms with Crippen molar-refractivity contribution in [3.05, 3.63) is 42.1 Å². The van der Waals surface area contributed by atoms with E-state index >= 15 is 0 Å². The molecule has 0 radical (unpaired) electrons. The maximum Gasteiger partial charge on any atom is 0.273 e. The lowest BCUT2D eigenvalue weighted by Crippen LogP contribution is -2.40.